The molecule has 4 heteroatoms. The van der Waals surface area contributed by atoms with Crippen LogP contribution in [0, 0.1) is 0 Å². The Kier molecular flexibility index (Phi) is 4.13. The topological polar surface area (TPSA) is 34.0 Å². The van der Waals surface area contributed by atoms with Gasteiger partial charge in [-0.1, -0.05) is 30.3 Å². The molecule has 1 aliphatic heterocycles. The number of rotatable bonds is 3. The van der Waals surface area contributed by atoms with Crippen LogP contribution in [0.3, 0.4) is 0 Å². The summed E-state index contributed by atoms with van der Waals surface area (Å²) in [5.41, 5.74) is 6.50. The minimum atomic E-state index is 0.991. The largest absolute Gasteiger partial charge is 0.298 e. The van der Waals surface area contributed by atoms with Gasteiger partial charge in [0.15, 0.2) is 0 Å². The van der Waals surface area contributed by atoms with E-state index in [0.717, 1.165) is 38.2 Å². The van der Waals surface area contributed by atoms with Crippen LogP contribution in [-0.2, 0) is 26.4 Å². The van der Waals surface area contributed by atoms with E-state index in [9.17, 15) is 0 Å². The standard InChI is InChI=1S/C20H22N4/c1-23-19-10-14-24(15-16-7-11-21-12-8-16)13-9-18(19)20(22-23)17-5-3-2-4-6-17/h2-8,11-12H,9-10,13-15H2,1H3. The molecule has 0 fully saturated rings. The molecule has 1 aliphatic rings. The summed E-state index contributed by atoms with van der Waals surface area (Å²) in [5.74, 6) is 0. The fourth-order valence-electron chi connectivity index (χ4n) is 3.56. The van der Waals surface area contributed by atoms with E-state index in [2.05, 4.69) is 64.1 Å². The van der Waals surface area contributed by atoms with E-state index in [1.54, 1.807) is 0 Å². The van der Waals surface area contributed by atoms with E-state index < -0.39 is 0 Å². The molecule has 0 aliphatic carbocycles. The molecule has 3 aromatic rings. The second-order valence-corrected chi connectivity index (χ2v) is 6.40. The lowest BCUT2D eigenvalue weighted by molar-refractivity contribution is 0.277. The molecule has 0 bridgehead atoms. The molecule has 0 saturated carbocycles. The molecule has 0 unspecified atom stereocenters. The first-order chi connectivity index (χ1) is 11.8. The van der Waals surface area contributed by atoms with Crippen LogP contribution in [0.4, 0.5) is 0 Å². The molecule has 122 valence electrons. The summed E-state index contributed by atoms with van der Waals surface area (Å²) in [7, 11) is 2.07. The normalized spacial score (nSPS) is 15.0. The van der Waals surface area contributed by atoms with Crippen molar-refractivity contribution < 1.29 is 0 Å². The molecule has 2 aromatic heterocycles. The molecule has 4 rings (SSSR count). The zero-order valence-electron chi connectivity index (χ0n) is 14.0. The lowest BCUT2D eigenvalue weighted by Crippen LogP contribution is -2.26. The van der Waals surface area contributed by atoms with E-state index in [-0.39, 0.29) is 0 Å². The zero-order chi connectivity index (χ0) is 16.4. The van der Waals surface area contributed by atoms with Gasteiger partial charge in [-0.15, -0.1) is 0 Å². The molecule has 24 heavy (non-hydrogen) atoms. The molecule has 0 saturated heterocycles. The van der Waals surface area contributed by atoms with Crippen LogP contribution in [0.2, 0.25) is 0 Å². The van der Waals surface area contributed by atoms with Crippen molar-refractivity contribution in [3.63, 3.8) is 0 Å². The summed E-state index contributed by atoms with van der Waals surface area (Å²) >= 11 is 0. The number of hydrogen-bond acceptors (Lipinski definition) is 3. The van der Waals surface area contributed by atoms with E-state index in [0.29, 0.717) is 0 Å². The molecule has 3 heterocycles. The van der Waals surface area contributed by atoms with E-state index >= 15 is 0 Å². The molecule has 0 N–H and O–H groups in total. The Morgan fingerprint density at radius 1 is 0.958 bits per heavy atom. The Morgan fingerprint density at radius 3 is 2.50 bits per heavy atom. The van der Waals surface area contributed by atoms with Gasteiger partial charge in [0.2, 0.25) is 0 Å². The molecule has 0 amide bonds. The minimum Gasteiger partial charge on any atom is -0.298 e. The number of aryl methyl sites for hydroxylation is 1. The number of nitrogens with zero attached hydrogens (tertiary/aromatic N) is 4. The SMILES string of the molecule is Cn1nc(-c2ccccc2)c2c1CCN(Cc1ccncc1)CC2. The predicted molar refractivity (Wildman–Crippen MR) is 95.6 cm³/mol. The Labute approximate surface area is 142 Å². The van der Waals surface area contributed by atoms with Crippen LogP contribution in [-0.4, -0.2) is 32.8 Å². The maximum atomic E-state index is 4.80. The fourth-order valence-corrected chi connectivity index (χ4v) is 3.56. The Bertz CT molecular complexity index is 808. The first kappa shape index (κ1) is 15.1. The van der Waals surface area contributed by atoms with Gasteiger partial charge in [-0.05, 0) is 24.1 Å². The predicted octanol–water partition coefficient (Wildman–Crippen LogP) is 3.08. The van der Waals surface area contributed by atoms with Crippen LogP contribution in [0.1, 0.15) is 16.8 Å². The van der Waals surface area contributed by atoms with Crippen molar-refractivity contribution in [3.8, 4) is 11.3 Å². The van der Waals surface area contributed by atoms with Gasteiger partial charge in [0, 0.05) is 62.3 Å². The van der Waals surface area contributed by atoms with Gasteiger partial charge in [0.05, 0.1) is 5.69 Å². The molecule has 0 spiro atoms. The maximum absolute atomic E-state index is 4.80. The summed E-state index contributed by atoms with van der Waals surface area (Å²) in [6.45, 7) is 3.13. The third kappa shape index (κ3) is 2.97. The van der Waals surface area contributed by atoms with Crippen molar-refractivity contribution in [2.45, 2.75) is 19.4 Å². The van der Waals surface area contributed by atoms with Crippen LogP contribution < -0.4 is 0 Å². The number of aromatic nitrogens is 3. The van der Waals surface area contributed by atoms with Crippen molar-refractivity contribution >= 4 is 0 Å². The molecular weight excluding hydrogens is 296 g/mol. The highest BCUT2D eigenvalue weighted by molar-refractivity contribution is 5.64. The van der Waals surface area contributed by atoms with E-state index in [4.69, 9.17) is 5.10 Å². The Morgan fingerprint density at radius 2 is 1.71 bits per heavy atom. The average molecular weight is 318 g/mol. The van der Waals surface area contributed by atoms with Crippen molar-refractivity contribution in [1.29, 1.82) is 0 Å². The first-order valence-electron chi connectivity index (χ1n) is 8.52. The quantitative estimate of drug-likeness (QED) is 0.744. The summed E-state index contributed by atoms with van der Waals surface area (Å²) < 4.78 is 2.08. The number of fused-ring (bicyclic) bond motifs is 1. The van der Waals surface area contributed by atoms with E-state index in [1.165, 1.54) is 22.4 Å². The highest BCUT2D eigenvalue weighted by Gasteiger charge is 2.22. The van der Waals surface area contributed by atoms with Gasteiger partial charge in [0.1, 0.15) is 0 Å². The minimum absolute atomic E-state index is 0.991. The van der Waals surface area contributed by atoms with Crippen molar-refractivity contribution in [2.75, 3.05) is 13.1 Å². The van der Waals surface area contributed by atoms with Gasteiger partial charge >= 0.3 is 0 Å². The molecular formula is C20H22N4. The Hall–Kier alpha value is -2.46. The molecule has 0 atom stereocenters. The van der Waals surface area contributed by atoms with Crippen LogP contribution in [0.25, 0.3) is 11.3 Å². The Balaban J connectivity index is 1.57. The number of hydrogen-bond donors (Lipinski definition) is 0. The summed E-state index contributed by atoms with van der Waals surface area (Å²) in [6, 6.07) is 14.8. The van der Waals surface area contributed by atoms with Gasteiger partial charge in [0.25, 0.3) is 0 Å². The average Bonchev–Trinajstić information content (AvgIpc) is 2.80. The zero-order valence-corrected chi connectivity index (χ0v) is 14.0. The van der Waals surface area contributed by atoms with Crippen LogP contribution in [0.15, 0.2) is 54.9 Å². The molecule has 4 nitrogen and oxygen atoms in total. The first-order valence-corrected chi connectivity index (χ1v) is 8.52. The second-order valence-electron chi connectivity index (χ2n) is 6.40. The van der Waals surface area contributed by atoms with Crippen LogP contribution in [0.5, 0.6) is 0 Å². The smallest absolute Gasteiger partial charge is 0.0958 e. The van der Waals surface area contributed by atoms with Crippen LogP contribution >= 0.6 is 0 Å². The summed E-state index contributed by atoms with van der Waals surface area (Å²) in [5, 5.41) is 4.80. The number of benzene rings is 1. The van der Waals surface area contributed by atoms with Gasteiger partial charge < -0.3 is 0 Å². The monoisotopic (exact) mass is 318 g/mol. The maximum Gasteiger partial charge on any atom is 0.0958 e. The highest BCUT2D eigenvalue weighted by Crippen LogP contribution is 2.28. The summed E-state index contributed by atoms with van der Waals surface area (Å²) in [4.78, 5) is 6.64. The lowest BCUT2D eigenvalue weighted by Gasteiger charge is -2.19. The van der Waals surface area contributed by atoms with Crippen molar-refractivity contribution in [3.05, 3.63) is 71.7 Å². The van der Waals surface area contributed by atoms with Gasteiger partial charge in [-0.2, -0.15) is 5.10 Å². The van der Waals surface area contributed by atoms with E-state index in [1.807, 2.05) is 12.4 Å². The highest BCUT2D eigenvalue weighted by atomic mass is 15.3. The third-order valence-corrected chi connectivity index (χ3v) is 4.82. The fraction of sp³-hybridized carbons (Fsp3) is 0.300. The summed E-state index contributed by atoms with van der Waals surface area (Å²) in [6.07, 6.45) is 5.86. The van der Waals surface area contributed by atoms with Gasteiger partial charge in [-0.3, -0.25) is 14.6 Å². The third-order valence-electron chi connectivity index (χ3n) is 4.82. The molecule has 1 aromatic carbocycles. The second kappa shape index (κ2) is 6.57. The lowest BCUT2D eigenvalue weighted by atomic mass is 10.0. The van der Waals surface area contributed by atoms with Crippen molar-refractivity contribution in [1.82, 2.24) is 19.7 Å². The molecule has 0 radical (unpaired) electrons. The van der Waals surface area contributed by atoms with Gasteiger partial charge in [-0.25, -0.2) is 0 Å². The van der Waals surface area contributed by atoms with Crippen molar-refractivity contribution in [2.24, 2.45) is 7.05 Å². The number of pyridine rings is 1.